The predicted octanol–water partition coefficient (Wildman–Crippen LogP) is 3.43. The highest BCUT2D eigenvalue weighted by molar-refractivity contribution is 6.31. The first-order valence-corrected chi connectivity index (χ1v) is 8.37. The van der Waals surface area contributed by atoms with Gasteiger partial charge < -0.3 is 9.88 Å². The Morgan fingerprint density at radius 3 is 2.95 bits per heavy atom. The van der Waals surface area contributed by atoms with Crippen LogP contribution < -0.4 is 5.32 Å². The number of hydrogen-bond donors (Lipinski definition) is 1. The minimum Gasteiger partial charge on any atom is -0.317 e. The average Bonchev–Trinajstić information content (AvgIpc) is 2.83. The minimum absolute atomic E-state index is 0.663. The molecule has 0 radical (unpaired) electrons. The maximum Gasteiger partial charge on any atom is 0.160 e. The quantitative estimate of drug-likeness (QED) is 0.920. The summed E-state index contributed by atoms with van der Waals surface area (Å²) >= 11 is 6.06. The molecule has 0 amide bonds. The zero-order valence-corrected chi connectivity index (χ0v) is 13.4. The van der Waals surface area contributed by atoms with E-state index in [1.54, 1.807) is 6.20 Å². The van der Waals surface area contributed by atoms with E-state index < -0.39 is 0 Å². The fourth-order valence-electron chi connectivity index (χ4n) is 3.07. The molecule has 0 unspecified atom stereocenters. The SMILES string of the molecule is CCCCc1nc2cc(Cl)cnc2n1CC1CCNCC1. The van der Waals surface area contributed by atoms with Crippen LogP contribution in [0.1, 0.15) is 38.4 Å². The molecule has 3 rings (SSSR count). The van der Waals surface area contributed by atoms with Crippen LogP contribution >= 0.6 is 11.6 Å². The molecular weight excluding hydrogens is 284 g/mol. The second-order valence-corrected chi connectivity index (χ2v) is 6.37. The number of pyridine rings is 1. The number of rotatable bonds is 5. The summed E-state index contributed by atoms with van der Waals surface area (Å²) in [7, 11) is 0. The molecule has 0 spiro atoms. The monoisotopic (exact) mass is 306 g/mol. The van der Waals surface area contributed by atoms with Gasteiger partial charge in [-0.25, -0.2) is 9.97 Å². The molecule has 21 heavy (non-hydrogen) atoms. The number of aromatic nitrogens is 3. The molecule has 1 saturated heterocycles. The van der Waals surface area contributed by atoms with Crippen LogP contribution in [0.4, 0.5) is 0 Å². The lowest BCUT2D eigenvalue weighted by atomic mass is 9.98. The van der Waals surface area contributed by atoms with Gasteiger partial charge in [0.15, 0.2) is 5.65 Å². The van der Waals surface area contributed by atoms with E-state index in [1.807, 2.05) is 6.07 Å². The molecule has 1 N–H and O–H groups in total. The van der Waals surface area contributed by atoms with E-state index in [2.05, 4.69) is 21.8 Å². The zero-order valence-electron chi connectivity index (χ0n) is 12.6. The molecular formula is C16H23ClN4. The van der Waals surface area contributed by atoms with Crippen LogP contribution in [0.2, 0.25) is 5.02 Å². The number of hydrogen-bond acceptors (Lipinski definition) is 3. The molecule has 2 aromatic rings. The van der Waals surface area contributed by atoms with E-state index in [4.69, 9.17) is 16.6 Å². The average molecular weight is 307 g/mol. The zero-order chi connectivity index (χ0) is 14.7. The second-order valence-electron chi connectivity index (χ2n) is 5.93. The third-order valence-corrected chi connectivity index (χ3v) is 4.49. The maximum atomic E-state index is 6.06. The largest absolute Gasteiger partial charge is 0.317 e. The van der Waals surface area contributed by atoms with Crippen molar-refractivity contribution in [1.82, 2.24) is 19.9 Å². The second kappa shape index (κ2) is 6.75. The van der Waals surface area contributed by atoms with Gasteiger partial charge in [0, 0.05) is 19.2 Å². The van der Waals surface area contributed by atoms with Crippen molar-refractivity contribution in [3.05, 3.63) is 23.1 Å². The number of halogens is 1. The smallest absolute Gasteiger partial charge is 0.160 e. The summed E-state index contributed by atoms with van der Waals surface area (Å²) in [6, 6.07) is 1.93. The van der Waals surface area contributed by atoms with Gasteiger partial charge in [0.25, 0.3) is 0 Å². The molecule has 0 bridgehead atoms. The molecule has 0 saturated carbocycles. The molecule has 4 nitrogen and oxygen atoms in total. The van der Waals surface area contributed by atoms with Crippen LogP contribution in [0, 0.1) is 5.92 Å². The van der Waals surface area contributed by atoms with Gasteiger partial charge >= 0.3 is 0 Å². The Kier molecular flexibility index (Phi) is 4.76. The highest BCUT2D eigenvalue weighted by Gasteiger charge is 2.18. The van der Waals surface area contributed by atoms with Crippen LogP contribution in [-0.2, 0) is 13.0 Å². The van der Waals surface area contributed by atoms with Crippen LogP contribution in [0.15, 0.2) is 12.3 Å². The van der Waals surface area contributed by atoms with Gasteiger partial charge in [0.2, 0.25) is 0 Å². The highest BCUT2D eigenvalue weighted by atomic mass is 35.5. The molecule has 0 aromatic carbocycles. The number of nitrogens with zero attached hydrogens (tertiary/aromatic N) is 3. The first-order chi connectivity index (χ1) is 10.3. The Labute approximate surface area is 130 Å². The normalized spacial score (nSPS) is 16.7. The Morgan fingerprint density at radius 1 is 1.38 bits per heavy atom. The molecule has 2 aromatic heterocycles. The topological polar surface area (TPSA) is 42.7 Å². The van der Waals surface area contributed by atoms with E-state index >= 15 is 0 Å². The lowest BCUT2D eigenvalue weighted by Gasteiger charge is -2.23. The van der Waals surface area contributed by atoms with Crippen molar-refractivity contribution in [3.8, 4) is 0 Å². The van der Waals surface area contributed by atoms with Crippen molar-refractivity contribution in [2.75, 3.05) is 13.1 Å². The third-order valence-electron chi connectivity index (χ3n) is 4.28. The molecule has 5 heteroatoms. The van der Waals surface area contributed by atoms with Crippen molar-refractivity contribution in [2.45, 2.75) is 45.6 Å². The van der Waals surface area contributed by atoms with Crippen LogP contribution in [0.25, 0.3) is 11.2 Å². The summed E-state index contributed by atoms with van der Waals surface area (Å²) in [5.41, 5.74) is 1.92. The lowest BCUT2D eigenvalue weighted by Crippen LogP contribution is -2.30. The van der Waals surface area contributed by atoms with E-state index in [0.29, 0.717) is 5.02 Å². The van der Waals surface area contributed by atoms with Gasteiger partial charge in [-0.05, 0) is 44.3 Å². The lowest BCUT2D eigenvalue weighted by molar-refractivity contribution is 0.332. The van der Waals surface area contributed by atoms with Crippen LogP contribution in [0.5, 0.6) is 0 Å². The number of unbranched alkanes of at least 4 members (excludes halogenated alkanes) is 1. The summed E-state index contributed by atoms with van der Waals surface area (Å²) in [4.78, 5) is 9.30. The van der Waals surface area contributed by atoms with Crippen molar-refractivity contribution >= 4 is 22.8 Å². The molecule has 1 fully saturated rings. The molecule has 3 heterocycles. The molecule has 1 aliphatic heterocycles. The summed E-state index contributed by atoms with van der Waals surface area (Å²) in [6.07, 6.45) is 7.58. The molecule has 114 valence electrons. The summed E-state index contributed by atoms with van der Waals surface area (Å²) < 4.78 is 2.33. The Balaban J connectivity index is 1.91. The van der Waals surface area contributed by atoms with Crippen molar-refractivity contribution in [3.63, 3.8) is 0 Å². The van der Waals surface area contributed by atoms with Crippen LogP contribution in [0.3, 0.4) is 0 Å². The maximum absolute atomic E-state index is 6.06. The van der Waals surface area contributed by atoms with E-state index in [9.17, 15) is 0 Å². The summed E-state index contributed by atoms with van der Waals surface area (Å²) in [6.45, 7) is 5.50. The highest BCUT2D eigenvalue weighted by Crippen LogP contribution is 2.23. The standard InChI is InChI=1S/C16H23ClN4/c1-2-3-4-15-20-14-9-13(17)10-19-16(14)21(15)11-12-5-7-18-8-6-12/h9-10,12,18H,2-8,11H2,1H3. The fourth-order valence-corrected chi connectivity index (χ4v) is 3.23. The molecule has 1 aliphatic rings. The number of nitrogens with one attached hydrogen (secondary N) is 1. The van der Waals surface area contributed by atoms with Crippen molar-refractivity contribution in [1.29, 1.82) is 0 Å². The van der Waals surface area contributed by atoms with E-state index in [0.717, 1.165) is 43.1 Å². The first kappa shape index (κ1) is 14.8. The van der Waals surface area contributed by atoms with Crippen molar-refractivity contribution < 1.29 is 0 Å². The number of imidazole rings is 1. The predicted molar refractivity (Wildman–Crippen MR) is 86.7 cm³/mol. The van der Waals surface area contributed by atoms with E-state index in [1.165, 1.54) is 31.5 Å². The van der Waals surface area contributed by atoms with Crippen LogP contribution in [-0.4, -0.2) is 27.6 Å². The fraction of sp³-hybridized carbons (Fsp3) is 0.625. The van der Waals surface area contributed by atoms with Gasteiger partial charge in [-0.2, -0.15) is 0 Å². The minimum atomic E-state index is 0.663. The van der Waals surface area contributed by atoms with Gasteiger partial charge in [0.1, 0.15) is 11.3 Å². The van der Waals surface area contributed by atoms with E-state index in [-0.39, 0.29) is 0 Å². The number of piperidine rings is 1. The molecule has 0 aliphatic carbocycles. The Hall–Kier alpha value is -1.13. The van der Waals surface area contributed by atoms with Crippen molar-refractivity contribution in [2.24, 2.45) is 5.92 Å². The summed E-state index contributed by atoms with van der Waals surface area (Å²) in [5, 5.41) is 4.09. The first-order valence-electron chi connectivity index (χ1n) is 7.99. The number of fused-ring (bicyclic) bond motifs is 1. The van der Waals surface area contributed by atoms with Gasteiger partial charge in [0.05, 0.1) is 5.02 Å². The van der Waals surface area contributed by atoms with Gasteiger partial charge in [-0.1, -0.05) is 24.9 Å². The third kappa shape index (κ3) is 3.38. The van der Waals surface area contributed by atoms with Gasteiger partial charge in [-0.15, -0.1) is 0 Å². The Morgan fingerprint density at radius 2 is 2.19 bits per heavy atom. The molecule has 0 atom stereocenters. The van der Waals surface area contributed by atoms with Gasteiger partial charge in [-0.3, -0.25) is 0 Å². The Bertz CT molecular complexity index is 602. The number of aryl methyl sites for hydroxylation is 1. The summed E-state index contributed by atoms with van der Waals surface area (Å²) in [5.74, 6) is 1.89.